The van der Waals surface area contributed by atoms with Gasteiger partial charge < -0.3 is 35.9 Å². The average Bonchev–Trinajstić information content (AvgIpc) is 3.42. The second kappa shape index (κ2) is 12.2. The molecule has 0 aromatic carbocycles. The van der Waals surface area contributed by atoms with Gasteiger partial charge in [-0.3, -0.25) is 19.7 Å². The van der Waals surface area contributed by atoms with Crippen molar-refractivity contribution in [2.75, 3.05) is 0 Å². The molecule has 11 nitrogen and oxygen atoms in total. The van der Waals surface area contributed by atoms with Gasteiger partial charge in [0.25, 0.3) is 0 Å². The Hall–Kier alpha value is -3.99. The molecule has 238 valence electrons. The van der Waals surface area contributed by atoms with Crippen molar-refractivity contribution >= 4 is 17.8 Å². The minimum absolute atomic E-state index is 0.00840. The maximum Gasteiger partial charge on any atom is 0.322 e. The summed E-state index contributed by atoms with van der Waals surface area (Å²) in [5.74, 6) is -1.42. The van der Waals surface area contributed by atoms with Crippen molar-refractivity contribution in [1.82, 2.24) is 25.9 Å². The molecule has 11 heteroatoms. The van der Waals surface area contributed by atoms with Gasteiger partial charge in [0.2, 0.25) is 5.91 Å². The summed E-state index contributed by atoms with van der Waals surface area (Å²) >= 11 is 0. The topological polar surface area (TPSA) is 189 Å². The van der Waals surface area contributed by atoms with Crippen LogP contribution in [-0.4, -0.2) is 61.3 Å². The number of amides is 1. The predicted octanol–water partition coefficient (Wildman–Crippen LogP) is 3.76. The molecule has 1 saturated heterocycles. The number of carbonyl (C=O) groups is 3. The molecular weight excluding hydrogens is 562 g/mol. The minimum Gasteiger partial charge on any atom is -0.495 e. The normalized spacial score (nSPS) is 24.7. The van der Waals surface area contributed by atoms with E-state index in [1.807, 2.05) is 34.6 Å². The lowest BCUT2D eigenvalue weighted by Gasteiger charge is -2.18. The maximum absolute atomic E-state index is 12.4. The molecule has 1 unspecified atom stereocenters. The molecule has 2 aromatic heterocycles. The number of aromatic nitrogens is 2. The summed E-state index contributed by atoms with van der Waals surface area (Å²) in [5.41, 5.74) is 10.4. The number of H-pyrrole nitrogens is 2. The van der Waals surface area contributed by atoms with E-state index in [2.05, 4.69) is 32.8 Å². The number of aliphatic hydroxyl groups is 1. The number of hydrogen-bond donors (Lipinski definition) is 8. The maximum atomic E-state index is 12.4. The van der Waals surface area contributed by atoms with Crippen molar-refractivity contribution in [1.29, 1.82) is 0 Å². The van der Waals surface area contributed by atoms with E-state index in [1.165, 1.54) is 0 Å². The van der Waals surface area contributed by atoms with E-state index in [4.69, 9.17) is 0 Å². The van der Waals surface area contributed by atoms with Crippen LogP contribution >= 0.6 is 0 Å². The lowest BCUT2D eigenvalue weighted by atomic mass is 9.91. The third-order valence-corrected chi connectivity index (χ3v) is 10.1. The van der Waals surface area contributed by atoms with Crippen molar-refractivity contribution in [2.45, 2.75) is 111 Å². The number of rotatable bonds is 13. The Balaban J connectivity index is 1.49. The van der Waals surface area contributed by atoms with E-state index in [0.717, 1.165) is 74.6 Å². The van der Waals surface area contributed by atoms with Crippen molar-refractivity contribution in [2.24, 2.45) is 5.92 Å². The van der Waals surface area contributed by atoms with Crippen molar-refractivity contribution in [3.05, 3.63) is 67.6 Å². The van der Waals surface area contributed by atoms with E-state index >= 15 is 0 Å². The summed E-state index contributed by atoms with van der Waals surface area (Å²) in [6.45, 7) is 12.0. The molecule has 3 aliphatic rings. The molecule has 1 fully saturated rings. The number of aliphatic carboxylic acids is 2. The molecule has 5 heterocycles. The SMILES string of the molecule is CCC1=C(O)N[C@H](Cc2[nH]c(Cc3[nH]c(C[C@@H]4NC(=O)C(C)=C4CC)c(C)c3[C@H]3N[C@H]3C(=O)O)c(CCC(=O)O)c2C)C1C. The van der Waals surface area contributed by atoms with Crippen LogP contribution in [0.15, 0.2) is 22.6 Å². The molecule has 2 aromatic rings. The van der Waals surface area contributed by atoms with Gasteiger partial charge >= 0.3 is 11.9 Å². The highest BCUT2D eigenvalue weighted by atomic mass is 16.4. The number of aromatic amines is 2. The molecular formula is C33H45N5O6. The van der Waals surface area contributed by atoms with Gasteiger partial charge in [0.05, 0.1) is 12.1 Å². The largest absolute Gasteiger partial charge is 0.495 e. The molecule has 44 heavy (non-hydrogen) atoms. The fraction of sp³-hybridized carbons (Fsp3) is 0.545. The van der Waals surface area contributed by atoms with Crippen molar-refractivity contribution < 1.29 is 29.7 Å². The Morgan fingerprint density at radius 1 is 0.864 bits per heavy atom. The number of carboxylic acids is 2. The lowest BCUT2D eigenvalue weighted by molar-refractivity contribution is -0.137. The van der Waals surface area contributed by atoms with Crippen LogP contribution in [0.25, 0.3) is 0 Å². The van der Waals surface area contributed by atoms with Crippen LogP contribution in [0, 0.1) is 19.8 Å². The molecule has 1 amide bonds. The first-order chi connectivity index (χ1) is 20.9. The summed E-state index contributed by atoms with van der Waals surface area (Å²) in [6.07, 6.45) is 3.53. The minimum atomic E-state index is -0.903. The van der Waals surface area contributed by atoms with E-state index < -0.39 is 18.0 Å². The van der Waals surface area contributed by atoms with Crippen LogP contribution in [-0.2, 0) is 40.1 Å². The molecule has 0 aliphatic carbocycles. The van der Waals surface area contributed by atoms with Crippen molar-refractivity contribution in [3.8, 4) is 0 Å². The number of carbonyl (C=O) groups excluding carboxylic acids is 1. The monoisotopic (exact) mass is 607 g/mol. The Bertz CT molecular complexity index is 1560. The van der Waals surface area contributed by atoms with Gasteiger partial charge in [-0.25, -0.2) is 0 Å². The van der Waals surface area contributed by atoms with E-state index in [1.54, 1.807) is 0 Å². The zero-order valence-electron chi connectivity index (χ0n) is 26.4. The van der Waals surface area contributed by atoms with Gasteiger partial charge in [-0.15, -0.1) is 0 Å². The Kier molecular flexibility index (Phi) is 8.71. The zero-order chi connectivity index (χ0) is 32.0. The smallest absolute Gasteiger partial charge is 0.322 e. The number of carboxylic acid groups (broad SMARTS) is 2. The van der Waals surface area contributed by atoms with Gasteiger partial charge in [0.15, 0.2) is 5.88 Å². The van der Waals surface area contributed by atoms with Crippen LogP contribution < -0.4 is 16.0 Å². The standard InChI is InChI=1S/C33H45N5O6/c1-7-18-16(5)31(41)37-24(18)12-23-17(6)28(29-30(38-29)33(43)44)26(35-23)13-25-20(9-10-27(39)40)15(4)21(34-25)11-22-14(3)19(8-2)32(42)36-22/h14,22,24,29-30,34-36,38,42H,7-13H2,1-6H3,(H,37,41)(H,39,40)(H,43,44)/t14?,22-,24+,29-,30-/m1/s1. The van der Waals surface area contributed by atoms with E-state index in [9.17, 15) is 29.7 Å². The number of aliphatic hydroxyl groups excluding tert-OH is 1. The van der Waals surface area contributed by atoms with Gasteiger partial charge in [-0.05, 0) is 73.4 Å². The summed E-state index contributed by atoms with van der Waals surface area (Å²) in [5, 5.41) is 39.1. The predicted molar refractivity (Wildman–Crippen MR) is 165 cm³/mol. The molecule has 8 N–H and O–H groups in total. The highest BCUT2D eigenvalue weighted by Gasteiger charge is 2.46. The lowest BCUT2D eigenvalue weighted by Crippen LogP contribution is -2.31. The number of hydrogen-bond acceptors (Lipinski definition) is 6. The molecule has 5 atom stereocenters. The van der Waals surface area contributed by atoms with Crippen LogP contribution in [0.3, 0.4) is 0 Å². The quantitative estimate of drug-likeness (QED) is 0.158. The van der Waals surface area contributed by atoms with Gasteiger partial charge in [0.1, 0.15) is 6.04 Å². The summed E-state index contributed by atoms with van der Waals surface area (Å²) < 4.78 is 0. The van der Waals surface area contributed by atoms with Crippen molar-refractivity contribution in [3.63, 3.8) is 0 Å². The van der Waals surface area contributed by atoms with Crippen LogP contribution in [0.4, 0.5) is 0 Å². The van der Waals surface area contributed by atoms with E-state index in [-0.39, 0.29) is 42.3 Å². The zero-order valence-corrected chi connectivity index (χ0v) is 26.4. The van der Waals surface area contributed by atoms with Crippen LogP contribution in [0.2, 0.25) is 0 Å². The second-order valence-electron chi connectivity index (χ2n) is 12.5. The first-order valence-electron chi connectivity index (χ1n) is 15.6. The third kappa shape index (κ3) is 5.77. The Labute approximate surface area is 257 Å². The highest BCUT2D eigenvalue weighted by molar-refractivity contribution is 5.97. The summed E-state index contributed by atoms with van der Waals surface area (Å²) in [6, 6.07) is -1.13. The molecule has 0 bridgehead atoms. The van der Waals surface area contributed by atoms with Crippen LogP contribution in [0.1, 0.15) is 98.0 Å². The van der Waals surface area contributed by atoms with E-state index in [0.29, 0.717) is 25.7 Å². The van der Waals surface area contributed by atoms with Gasteiger partial charge in [-0.1, -0.05) is 20.8 Å². The molecule has 3 aliphatic heterocycles. The molecule has 5 rings (SSSR count). The number of nitrogens with one attached hydrogen (secondary N) is 5. The van der Waals surface area contributed by atoms with Gasteiger partial charge in [0, 0.05) is 66.0 Å². The molecule has 0 saturated carbocycles. The van der Waals surface area contributed by atoms with Crippen LogP contribution in [0.5, 0.6) is 0 Å². The van der Waals surface area contributed by atoms with Gasteiger partial charge in [-0.2, -0.15) is 0 Å². The Morgan fingerprint density at radius 2 is 1.52 bits per heavy atom. The Morgan fingerprint density at radius 3 is 2.11 bits per heavy atom. The summed E-state index contributed by atoms with van der Waals surface area (Å²) in [4.78, 5) is 43.1. The molecule has 0 spiro atoms. The fourth-order valence-electron chi connectivity index (χ4n) is 7.40. The average molecular weight is 608 g/mol. The summed E-state index contributed by atoms with van der Waals surface area (Å²) in [7, 11) is 0. The third-order valence-electron chi connectivity index (χ3n) is 10.1. The highest BCUT2D eigenvalue weighted by Crippen LogP contribution is 2.39. The fourth-order valence-corrected chi connectivity index (χ4v) is 7.40. The first-order valence-corrected chi connectivity index (χ1v) is 15.6. The molecule has 0 radical (unpaired) electrons. The second-order valence-corrected chi connectivity index (χ2v) is 12.5. The first kappa shape index (κ1) is 31.4.